The second-order valence-corrected chi connectivity index (χ2v) is 4.20. The first-order valence-electron chi connectivity index (χ1n) is 6.07. The van der Waals surface area contributed by atoms with E-state index in [1.54, 1.807) is 23.5 Å². The summed E-state index contributed by atoms with van der Waals surface area (Å²) in [6, 6.07) is 9.98. The monoisotopic (exact) mass is 309 g/mol. The number of pyridine rings is 1. The zero-order chi connectivity index (χ0) is 16.2. The molecule has 1 heterocycles. The summed E-state index contributed by atoms with van der Waals surface area (Å²) in [5, 5.41) is 4.22. The molecule has 8 heteroatoms. The molecule has 114 valence electrons. The number of amides is 2. The molecule has 0 aliphatic heterocycles. The van der Waals surface area contributed by atoms with Gasteiger partial charge in [0.05, 0.1) is 0 Å². The SMILES string of the molecule is O=C(Nc1ccccn1)c1ccc(NC(=O)C(F)(F)F)cc1. The highest BCUT2D eigenvalue weighted by Crippen LogP contribution is 2.18. The Hall–Kier alpha value is -2.90. The van der Waals surface area contributed by atoms with Gasteiger partial charge in [0.25, 0.3) is 5.91 Å². The first-order chi connectivity index (χ1) is 10.4. The van der Waals surface area contributed by atoms with Crippen LogP contribution in [0.4, 0.5) is 24.7 Å². The summed E-state index contributed by atoms with van der Waals surface area (Å²) in [5.41, 5.74) is 0.160. The second-order valence-electron chi connectivity index (χ2n) is 4.20. The Morgan fingerprint density at radius 3 is 2.18 bits per heavy atom. The highest BCUT2D eigenvalue weighted by atomic mass is 19.4. The number of rotatable bonds is 3. The van der Waals surface area contributed by atoms with Crippen molar-refractivity contribution in [1.29, 1.82) is 0 Å². The third kappa shape index (κ3) is 4.05. The maximum absolute atomic E-state index is 12.1. The van der Waals surface area contributed by atoms with Crippen molar-refractivity contribution in [2.24, 2.45) is 0 Å². The van der Waals surface area contributed by atoms with Crippen molar-refractivity contribution >= 4 is 23.3 Å². The van der Waals surface area contributed by atoms with Gasteiger partial charge >= 0.3 is 12.1 Å². The maximum atomic E-state index is 12.1. The molecule has 0 spiro atoms. The summed E-state index contributed by atoms with van der Waals surface area (Å²) in [6.45, 7) is 0. The fourth-order valence-electron chi connectivity index (χ4n) is 1.53. The van der Waals surface area contributed by atoms with Gasteiger partial charge in [-0.2, -0.15) is 13.2 Å². The van der Waals surface area contributed by atoms with Crippen LogP contribution in [0.2, 0.25) is 0 Å². The number of benzene rings is 1. The average molecular weight is 309 g/mol. The summed E-state index contributed by atoms with van der Waals surface area (Å²) in [7, 11) is 0. The number of hydrogen-bond acceptors (Lipinski definition) is 3. The molecule has 1 aromatic carbocycles. The third-order valence-electron chi connectivity index (χ3n) is 2.57. The van der Waals surface area contributed by atoms with Crippen LogP contribution in [0.1, 0.15) is 10.4 Å². The van der Waals surface area contributed by atoms with Gasteiger partial charge < -0.3 is 10.6 Å². The number of aromatic nitrogens is 1. The van der Waals surface area contributed by atoms with Crippen molar-refractivity contribution in [2.75, 3.05) is 10.6 Å². The van der Waals surface area contributed by atoms with E-state index in [9.17, 15) is 22.8 Å². The van der Waals surface area contributed by atoms with E-state index in [1.165, 1.54) is 30.5 Å². The van der Waals surface area contributed by atoms with Crippen LogP contribution in [0.15, 0.2) is 48.7 Å². The molecule has 0 atom stereocenters. The molecule has 0 bridgehead atoms. The Morgan fingerprint density at radius 2 is 1.64 bits per heavy atom. The molecule has 0 saturated carbocycles. The van der Waals surface area contributed by atoms with Crippen LogP contribution in [0, 0.1) is 0 Å². The van der Waals surface area contributed by atoms with E-state index in [1.807, 2.05) is 0 Å². The Labute approximate surface area is 123 Å². The van der Waals surface area contributed by atoms with Gasteiger partial charge in [-0.1, -0.05) is 6.07 Å². The Morgan fingerprint density at radius 1 is 0.955 bits per heavy atom. The predicted octanol–water partition coefficient (Wildman–Crippen LogP) is 2.83. The van der Waals surface area contributed by atoms with Gasteiger partial charge in [0.15, 0.2) is 0 Å². The number of carbonyl (C=O) groups is 2. The van der Waals surface area contributed by atoms with E-state index in [-0.39, 0.29) is 11.3 Å². The fraction of sp³-hybridized carbons (Fsp3) is 0.0714. The molecule has 0 saturated heterocycles. The number of halogens is 3. The van der Waals surface area contributed by atoms with Gasteiger partial charge in [-0.3, -0.25) is 9.59 Å². The second kappa shape index (κ2) is 6.25. The lowest BCUT2D eigenvalue weighted by atomic mass is 10.2. The molecular weight excluding hydrogens is 299 g/mol. The topological polar surface area (TPSA) is 71.1 Å². The lowest BCUT2D eigenvalue weighted by molar-refractivity contribution is -0.167. The first-order valence-corrected chi connectivity index (χ1v) is 6.07. The van der Waals surface area contributed by atoms with Crippen molar-refractivity contribution in [3.05, 3.63) is 54.2 Å². The number of nitrogens with zero attached hydrogens (tertiary/aromatic N) is 1. The first kappa shape index (κ1) is 15.5. The molecule has 0 unspecified atom stereocenters. The molecule has 0 fully saturated rings. The average Bonchev–Trinajstić information content (AvgIpc) is 2.48. The van der Waals surface area contributed by atoms with Crippen LogP contribution in [0.3, 0.4) is 0 Å². The Balaban J connectivity index is 2.03. The van der Waals surface area contributed by atoms with Gasteiger partial charge in [0, 0.05) is 17.4 Å². The molecule has 0 radical (unpaired) electrons. The van der Waals surface area contributed by atoms with Gasteiger partial charge in [0.1, 0.15) is 5.82 Å². The summed E-state index contributed by atoms with van der Waals surface area (Å²) in [6.07, 6.45) is -3.46. The fourth-order valence-corrected chi connectivity index (χ4v) is 1.53. The van der Waals surface area contributed by atoms with Crippen molar-refractivity contribution in [1.82, 2.24) is 4.98 Å². The smallest absolute Gasteiger partial charge is 0.318 e. The Bertz CT molecular complexity index is 670. The van der Waals surface area contributed by atoms with Gasteiger partial charge in [0.2, 0.25) is 0 Å². The molecule has 2 aromatic rings. The van der Waals surface area contributed by atoms with Crippen LogP contribution in [0.5, 0.6) is 0 Å². The third-order valence-corrected chi connectivity index (χ3v) is 2.57. The quantitative estimate of drug-likeness (QED) is 0.916. The molecule has 2 rings (SSSR count). The van der Waals surface area contributed by atoms with E-state index in [4.69, 9.17) is 0 Å². The van der Waals surface area contributed by atoms with E-state index in [0.29, 0.717) is 5.82 Å². The minimum absolute atomic E-state index is 0.0586. The summed E-state index contributed by atoms with van der Waals surface area (Å²) < 4.78 is 36.3. The molecule has 22 heavy (non-hydrogen) atoms. The summed E-state index contributed by atoms with van der Waals surface area (Å²) in [5.74, 6) is -2.19. The zero-order valence-corrected chi connectivity index (χ0v) is 11.0. The number of carbonyl (C=O) groups excluding carboxylic acids is 2. The van der Waals surface area contributed by atoms with Gasteiger partial charge in [-0.15, -0.1) is 0 Å². The highest BCUT2D eigenvalue weighted by molar-refractivity contribution is 6.04. The van der Waals surface area contributed by atoms with Crippen molar-refractivity contribution in [3.8, 4) is 0 Å². The molecule has 5 nitrogen and oxygen atoms in total. The normalized spacial score (nSPS) is 10.9. The van der Waals surface area contributed by atoms with Crippen molar-refractivity contribution in [3.63, 3.8) is 0 Å². The van der Waals surface area contributed by atoms with Crippen LogP contribution >= 0.6 is 0 Å². The molecule has 2 N–H and O–H groups in total. The largest absolute Gasteiger partial charge is 0.471 e. The minimum Gasteiger partial charge on any atom is -0.318 e. The molecule has 1 aromatic heterocycles. The van der Waals surface area contributed by atoms with Crippen LogP contribution in [-0.4, -0.2) is 23.0 Å². The number of alkyl halides is 3. The van der Waals surface area contributed by atoms with E-state index in [2.05, 4.69) is 10.3 Å². The summed E-state index contributed by atoms with van der Waals surface area (Å²) in [4.78, 5) is 26.6. The van der Waals surface area contributed by atoms with E-state index < -0.39 is 18.0 Å². The van der Waals surface area contributed by atoms with Crippen LogP contribution in [-0.2, 0) is 4.79 Å². The predicted molar refractivity (Wildman–Crippen MR) is 73.3 cm³/mol. The number of anilines is 2. The Kier molecular flexibility index (Phi) is 4.40. The number of hydrogen-bond donors (Lipinski definition) is 2. The van der Waals surface area contributed by atoms with Crippen LogP contribution in [0.25, 0.3) is 0 Å². The van der Waals surface area contributed by atoms with Crippen molar-refractivity contribution in [2.45, 2.75) is 6.18 Å². The highest BCUT2D eigenvalue weighted by Gasteiger charge is 2.38. The lowest BCUT2D eigenvalue weighted by Crippen LogP contribution is -2.29. The molecule has 2 amide bonds. The van der Waals surface area contributed by atoms with Gasteiger partial charge in [-0.25, -0.2) is 4.98 Å². The minimum atomic E-state index is -4.96. The molecule has 0 aliphatic rings. The molecule has 0 aliphatic carbocycles. The lowest BCUT2D eigenvalue weighted by Gasteiger charge is -2.08. The number of nitrogens with one attached hydrogen (secondary N) is 2. The van der Waals surface area contributed by atoms with Gasteiger partial charge in [-0.05, 0) is 36.4 Å². The van der Waals surface area contributed by atoms with E-state index >= 15 is 0 Å². The van der Waals surface area contributed by atoms with Crippen molar-refractivity contribution < 1.29 is 22.8 Å². The molecular formula is C14H10F3N3O2. The zero-order valence-electron chi connectivity index (χ0n) is 11.0. The van der Waals surface area contributed by atoms with E-state index in [0.717, 1.165) is 0 Å². The maximum Gasteiger partial charge on any atom is 0.471 e. The standard InChI is InChI=1S/C14H10F3N3O2/c15-14(16,17)13(22)19-10-6-4-9(5-7-10)12(21)20-11-3-1-2-8-18-11/h1-8H,(H,19,22)(H,18,20,21). The summed E-state index contributed by atoms with van der Waals surface area (Å²) >= 11 is 0. The van der Waals surface area contributed by atoms with Crippen LogP contribution < -0.4 is 10.6 Å².